The highest BCUT2D eigenvalue weighted by Gasteiger charge is 2.37. The molecule has 1 aliphatic carbocycles. The first-order chi connectivity index (χ1) is 22.1. The molecule has 7 aromatic carbocycles. The molecule has 1 heterocycles. The van der Waals surface area contributed by atoms with Crippen LogP contribution in [0.2, 0.25) is 0 Å². The molecule has 0 fully saturated rings. The molecule has 9 rings (SSSR count). The maximum atomic E-state index is 2.46. The molecule has 0 spiro atoms. The van der Waals surface area contributed by atoms with E-state index in [1.165, 1.54) is 70.0 Å². The molecule has 0 saturated carbocycles. The molecule has 2 heteroatoms. The molecule has 0 bridgehead atoms. The van der Waals surface area contributed by atoms with Crippen LogP contribution in [0.25, 0.3) is 53.2 Å². The van der Waals surface area contributed by atoms with Crippen LogP contribution >= 0.6 is 11.3 Å². The van der Waals surface area contributed by atoms with Gasteiger partial charge in [-0.2, -0.15) is 0 Å². The fourth-order valence-electron chi connectivity index (χ4n) is 7.46. The van der Waals surface area contributed by atoms with Crippen LogP contribution in [0, 0.1) is 0 Å². The van der Waals surface area contributed by atoms with Crippen LogP contribution in [0.1, 0.15) is 25.0 Å². The second-order valence-electron chi connectivity index (χ2n) is 12.6. The molecule has 0 saturated heterocycles. The lowest BCUT2D eigenvalue weighted by Gasteiger charge is -2.29. The standard InChI is InChI=1S/C43H31NS/c1-43(2)36-15-8-6-13-34(36)42-37(43)16-10-17-38(42)44(31-22-19-29(20-23-31)28-11-4-3-5-12-28)32-24-25-33-30(27-32)21-26-40-41(33)35-14-7-9-18-39(35)45-40/h3-27H,1-2H3. The second-order valence-corrected chi connectivity index (χ2v) is 13.6. The molecule has 0 N–H and O–H groups in total. The van der Waals surface area contributed by atoms with Crippen molar-refractivity contribution in [3.63, 3.8) is 0 Å². The van der Waals surface area contributed by atoms with Crippen molar-refractivity contribution in [2.75, 3.05) is 4.90 Å². The van der Waals surface area contributed by atoms with Crippen LogP contribution in [0.4, 0.5) is 17.1 Å². The van der Waals surface area contributed by atoms with Gasteiger partial charge < -0.3 is 4.90 Å². The molecule has 0 atom stereocenters. The molecule has 0 aliphatic heterocycles. The normalized spacial score (nSPS) is 13.3. The van der Waals surface area contributed by atoms with Gasteiger partial charge in [0.15, 0.2) is 0 Å². The maximum absolute atomic E-state index is 2.46. The molecule has 0 amide bonds. The van der Waals surface area contributed by atoms with E-state index in [-0.39, 0.29) is 5.41 Å². The summed E-state index contributed by atoms with van der Waals surface area (Å²) in [4.78, 5) is 2.46. The molecule has 0 unspecified atom stereocenters. The number of rotatable bonds is 4. The van der Waals surface area contributed by atoms with E-state index in [4.69, 9.17) is 0 Å². The van der Waals surface area contributed by atoms with Crippen molar-refractivity contribution in [3.05, 3.63) is 163 Å². The van der Waals surface area contributed by atoms with E-state index in [0.717, 1.165) is 11.4 Å². The topological polar surface area (TPSA) is 3.24 Å². The number of thiophene rings is 1. The highest BCUT2D eigenvalue weighted by Crippen LogP contribution is 2.54. The van der Waals surface area contributed by atoms with E-state index in [0.29, 0.717) is 0 Å². The molecule has 0 radical (unpaired) electrons. The van der Waals surface area contributed by atoms with Gasteiger partial charge in [0.1, 0.15) is 0 Å². The monoisotopic (exact) mass is 593 g/mol. The molecule has 1 aliphatic rings. The summed E-state index contributed by atoms with van der Waals surface area (Å²) in [6, 6.07) is 55.8. The number of fused-ring (bicyclic) bond motifs is 8. The minimum absolute atomic E-state index is 0.0697. The fourth-order valence-corrected chi connectivity index (χ4v) is 8.58. The quantitative estimate of drug-likeness (QED) is 0.196. The Bertz CT molecular complexity index is 2400. The van der Waals surface area contributed by atoms with Gasteiger partial charge in [0.25, 0.3) is 0 Å². The smallest absolute Gasteiger partial charge is 0.0543 e. The average molecular weight is 594 g/mol. The van der Waals surface area contributed by atoms with Gasteiger partial charge >= 0.3 is 0 Å². The fraction of sp³-hybridized carbons (Fsp3) is 0.0698. The highest BCUT2D eigenvalue weighted by atomic mass is 32.1. The lowest BCUT2D eigenvalue weighted by Crippen LogP contribution is -2.16. The summed E-state index contributed by atoms with van der Waals surface area (Å²) in [5.74, 6) is 0. The third-order valence-electron chi connectivity index (χ3n) is 9.66. The Morgan fingerprint density at radius 2 is 1.22 bits per heavy atom. The van der Waals surface area contributed by atoms with E-state index in [2.05, 4.69) is 170 Å². The zero-order valence-corrected chi connectivity index (χ0v) is 26.1. The number of anilines is 3. The third-order valence-corrected chi connectivity index (χ3v) is 10.8. The minimum atomic E-state index is -0.0697. The molecule has 214 valence electrons. The summed E-state index contributed by atoms with van der Waals surface area (Å²) < 4.78 is 2.68. The Morgan fingerprint density at radius 1 is 0.511 bits per heavy atom. The SMILES string of the molecule is CC1(C)c2ccccc2-c2c(N(c3ccc(-c4ccccc4)cc3)c3ccc4c(ccc5sc6ccccc6c54)c3)cccc21. The average Bonchev–Trinajstić information content (AvgIpc) is 3.59. The minimum Gasteiger partial charge on any atom is -0.310 e. The Kier molecular flexibility index (Phi) is 5.78. The van der Waals surface area contributed by atoms with Crippen LogP contribution in [-0.4, -0.2) is 0 Å². The molecular formula is C43H31NS. The van der Waals surface area contributed by atoms with Crippen molar-refractivity contribution in [2.45, 2.75) is 19.3 Å². The van der Waals surface area contributed by atoms with Crippen molar-refractivity contribution in [1.29, 1.82) is 0 Å². The largest absolute Gasteiger partial charge is 0.310 e. The Hall–Kier alpha value is -5.18. The predicted molar refractivity (Wildman–Crippen MR) is 195 cm³/mol. The lowest BCUT2D eigenvalue weighted by molar-refractivity contribution is 0.660. The summed E-state index contributed by atoms with van der Waals surface area (Å²) >= 11 is 1.88. The van der Waals surface area contributed by atoms with Crippen LogP contribution in [-0.2, 0) is 5.41 Å². The van der Waals surface area contributed by atoms with Gasteiger partial charge in [-0.15, -0.1) is 11.3 Å². The summed E-state index contributed by atoms with van der Waals surface area (Å²) in [6.07, 6.45) is 0. The Morgan fingerprint density at radius 3 is 2.09 bits per heavy atom. The van der Waals surface area contributed by atoms with Crippen LogP contribution < -0.4 is 4.90 Å². The number of hydrogen-bond acceptors (Lipinski definition) is 2. The Labute approximate surface area is 267 Å². The van der Waals surface area contributed by atoms with Crippen molar-refractivity contribution in [1.82, 2.24) is 0 Å². The Balaban J connectivity index is 1.28. The zero-order valence-electron chi connectivity index (χ0n) is 25.3. The third kappa shape index (κ3) is 3.99. The van der Waals surface area contributed by atoms with Gasteiger partial charge in [-0.25, -0.2) is 0 Å². The first-order valence-electron chi connectivity index (χ1n) is 15.6. The van der Waals surface area contributed by atoms with Gasteiger partial charge in [0.2, 0.25) is 0 Å². The zero-order chi connectivity index (χ0) is 30.1. The lowest BCUT2D eigenvalue weighted by atomic mass is 9.82. The van der Waals surface area contributed by atoms with Crippen LogP contribution in [0.15, 0.2) is 152 Å². The van der Waals surface area contributed by atoms with Gasteiger partial charge in [-0.1, -0.05) is 123 Å². The summed E-state index contributed by atoms with van der Waals surface area (Å²) in [5.41, 5.74) is 11.3. The van der Waals surface area contributed by atoms with Gasteiger partial charge in [0.05, 0.1) is 5.69 Å². The maximum Gasteiger partial charge on any atom is 0.0543 e. The van der Waals surface area contributed by atoms with E-state index in [1.54, 1.807) is 0 Å². The number of benzene rings is 7. The van der Waals surface area contributed by atoms with E-state index in [1.807, 2.05) is 11.3 Å². The predicted octanol–water partition coefficient (Wildman–Crippen LogP) is 12.7. The van der Waals surface area contributed by atoms with Crippen LogP contribution in [0.5, 0.6) is 0 Å². The number of hydrogen-bond donors (Lipinski definition) is 0. The summed E-state index contributed by atoms with van der Waals surface area (Å²) in [7, 11) is 0. The van der Waals surface area contributed by atoms with E-state index in [9.17, 15) is 0 Å². The molecular weight excluding hydrogens is 563 g/mol. The van der Waals surface area contributed by atoms with Gasteiger partial charge in [-0.05, 0) is 81.1 Å². The van der Waals surface area contributed by atoms with Crippen molar-refractivity contribution < 1.29 is 0 Å². The van der Waals surface area contributed by atoms with Crippen molar-refractivity contribution in [2.24, 2.45) is 0 Å². The molecule has 45 heavy (non-hydrogen) atoms. The van der Waals surface area contributed by atoms with Crippen molar-refractivity contribution in [3.8, 4) is 22.3 Å². The first kappa shape index (κ1) is 26.2. The molecule has 1 nitrogen and oxygen atoms in total. The highest BCUT2D eigenvalue weighted by molar-refractivity contribution is 7.26. The van der Waals surface area contributed by atoms with Gasteiger partial charge in [0, 0.05) is 42.5 Å². The molecule has 1 aromatic heterocycles. The van der Waals surface area contributed by atoms with E-state index >= 15 is 0 Å². The van der Waals surface area contributed by atoms with Crippen LogP contribution in [0.3, 0.4) is 0 Å². The second kappa shape index (κ2) is 9.92. The summed E-state index contributed by atoms with van der Waals surface area (Å²) in [6.45, 7) is 4.71. The van der Waals surface area contributed by atoms with Crippen molar-refractivity contribution >= 4 is 59.3 Å². The number of nitrogens with zero attached hydrogens (tertiary/aromatic N) is 1. The van der Waals surface area contributed by atoms with Gasteiger partial charge in [-0.3, -0.25) is 0 Å². The molecule has 8 aromatic rings. The van der Waals surface area contributed by atoms with E-state index < -0.39 is 0 Å². The summed E-state index contributed by atoms with van der Waals surface area (Å²) in [5, 5.41) is 5.25. The first-order valence-corrected chi connectivity index (χ1v) is 16.4.